The number of nitrogens with one attached hydrogen (secondary N) is 2. The number of carbonyl (C=O) groups is 2. The van der Waals surface area contributed by atoms with Gasteiger partial charge in [0.25, 0.3) is 5.91 Å². The molecule has 3 aromatic carbocycles. The highest BCUT2D eigenvalue weighted by molar-refractivity contribution is 7.92. The maximum Gasteiger partial charge on any atom is 0.253 e. The van der Waals surface area contributed by atoms with Crippen molar-refractivity contribution in [1.82, 2.24) is 5.32 Å². The van der Waals surface area contributed by atoms with Crippen molar-refractivity contribution < 1.29 is 22.4 Å². The minimum Gasteiger partial charge on any atom is -0.345 e. The summed E-state index contributed by atoms with van der Waals surface area (Å²) in [5.74, 6) is -1.57. The van der Waals surface area contributed by atoms with Crippen molar-refractivity contribution >= 4 is 33.2 Å². The lowest BCUT2D eigenvalue weighted by molar-refractivity contribution is -0.116. The molecule has 0 saturated carbocycles. The molecule has 0 aromatic heterocycles. The molecule has 34 heavy (non-hydrogen) atoms. The lowest BCUT2D eigenvalue weighted by Gasteiger charge is -2.28. The lowest BCUT2D eigenvalue weighted by Crippen LogP contribution is -2.45. The van der Waals surface area contributed by atoms with E-state index >= 15 is 0 Å². The Bertz CT molecular complexity index is 1260. The van der Waals surface area contributed by atoms with E-state index in [9.17, 15) is 22.4 Å². The summed E-state index contributed by atoms with van der Waals surface area (Å²) in [6, 6.07) is 19.3. The number of carbonyl (C=O) groups excluding carboxylic acids is 2. The third-order valence-corrected chi connectivity index (χ3v) is 6.49. The number of nitrogens with zero attached hydrogens (tertiary/aromatic N) is 1. The van der Waals surface area contributed by atoms with Gasteiger partial charge in [-0.2, -0.15) is 0 Å². The van der Waals surface area contributed by atoms with Crippen LogP contribution in [0.15, 0.2) is 78.9 Å². The smallest absolute Gasteiger partial charge is 0.253 e. The molecule has 0 heterocycles. The van der Waals surface area contributed by atoms with Crippen molar-refractivity contribution in [3.63, 3.8) is 0 Å². The first kappa shape index (κ1) is 24.9. The molecule has 2 atom stereocenters. The Labute approximate surface area is 198 Å². The summed E-state index contributed by atoms with van der Waals surface area (Å²) in [4.78, 5) is 26.0. The standard InChI is InChI=1S/C25H26FN3O4S/c1-17(19-9-5-4-6-10-19)27-25(31)22-11-7-8-12-23(22)28-24(30)18(2)29(34(3,32)33)21-15-13-20(26)14-16-21/h4-18H,1-3H3,(H,27,31)(H,28,30). The molecule has 2 unspecified atom stereocenters. The van der Waals surface area contributed by atoms with E-state index in [1.54, 1.807) is 24.3 Å². The fourth-order valence-corrected chi connectivity index (χ4v) is 4.70. The fourth-order valence-electron chi connectivity index (χ4n) is 3.52. The molecule has 0 spiro atoms. The van der Waals surface area contributed by atoms with Crippen molar-refractivity contribution in [2.24, 2.45) is 0 Å². The first-order chi connectivity index (χ1) is 16.1. The number of halogens is 1. The van der Waals surface area contributed by atoms with Gasteiger partial charge in [-0.15, -0.1) is 0 Å². The second kappa shape index (κ2) is 10.5. The summed E-state index contributed by atoms with van der Waals surface area (Å²) in [6.45, 7) is 3.27. The number of rotatable bonds is 8. The Morgan fingerprint density at radius 2 is 1.47 bits per heavy atom. The molecule has 0 fully saturated rings. The number of para-hydroxylation sites is 1. The molecule has 0 saturated heterocycles. The number of benzene rings is 3. The predicted octanol–water partition coefficient (Wildman–Crippen LogP) is 4.11. The number of hydrogen-bond acceptors (Lipinski definition) is 4. The van der Waals surface area contributed by atoms with Crippen LogP contribution in [-0.4, -0.2) is 32.5 Å². The number of sulfonamides is 1. The largest absolute Gasteiger partial charge is 0.345 e. The molecule has 2 amide bonds. The van der Waals surface area contributed by atoms with Gasteiger partial charge >= 0.3 is 0 Å². The molecule has 3 aromatic rings. The topological polar surface area (TPSA) is 95.6 Å². The molecule has 0 aliphatic carbocycles. The van der Waals surface area contributed by atoms with E-state index in [-0.39, 0.29) is 23.0 Å². The summed E-state index contributed by atoms with van der Waals surface area (Å²) in [7, 11) is -3.87. The van der Waals surface area contributed by atoms with Gasteiger partial charge in [-0.05, 0) is 55.8 Å². The van der Waals surface area contributed by atoms with Crippen molar-refractivity contribution in [3.8, 4) is 0 Å². The van der Waals surface area contributed by atoms with Crippen LogP contribution in [0, 0.1) is 5.82 Å². The van der Waals surface area contributed by atoms with E-state index < -0.39 is 33.7 Å². The molecule has 0 aliphatic heterocycles. The third-order valence-electron chi connectivity index (χ3n) is 5.25. The minimum absolute atomic E-state index is 0.147. The monoisotopic (exact) mass is 483 g/mol. The van der Waals surface area contributed by atoms with Crippen LogP contribution >= 0.6 is 0 Å². The van der Waals surface area contributed by atoms with E-state index in [0.717, 1.165) is 28.3 Å². The molecular formula is C25H26FN3O4S. The van der Waals surface area contributed by atoms with Crippen LogP contribution in [0.25, 0.3) is 0 Å². The van der Waals surface area contributed by atoms with Crippen molar-refractivity contribution in [2.75, 3.05) is 15.9 Å². The van der Waals surface area contributed by atoms with Crippen LogP contribution in [0.3, 0.4) is 0 Å². The lowest BCUT2D eigenvalue weighted by atomic mass is 10.1. The normalized spacial score (nSPS) is 12.9. The highest BCUT2D eigenvalue weighted by atomic mass is 32.2. The zero-order chi connectivity index (χ0) is 24.9. The average molecular weight is 484 g/mol. The summed E-state index contributed by atoms with van der Waals surface area (Å²) in [6.07, 6.45) is 0.965. The Kier molecular flexibility index (Phi) is 7.68. The molecule has 7 nitrogen and oxygen atoms in total. The van der Waals surface area contributed by atoms with Crippen LogP contribution in [-0.2, 0) is 14.8 Å². The molecule has 0 radical (unpaired) electrons. The Morgan fingerprint density at radius 3 is 2.09 bits per heavy atom. The summed E-state index contributed by atoms with van der Waals surface area (Å²) in [5.41, 5.74) is 1.55. The predicted molar refractivity (Wildman–Crippen MR) is 131 cm³/mol. The molecular weight excluding hydrogens is 457 g/mol. The quantitative estimate of drug-likeness (QED) is 0.504. The maximum atomic E-state index is 13.3. The zero-order valence-corrected chi connectivity index (χ0v) is 19.8. The van der Waals surface area contributed by atoms with Gasteiger partial charge < -0.3 is 10.6 Å². The summed E-state index contributed by atoms with van der Waals surface area (Å²) < 4.78 is 39.1. The number of hydrogen-bond donors (Lipinski definition) is 2. The molecule has 2 N–H and O–H groups in total. The zero-order valence-electron chi connectivity index (χ0n) is 19.0. The maximum absolute atomic E-state index is 13.3. The minimum atomic E-state index is -3.87. The molecule has 178 valence electrons. The van der Waals surface area contributed by atoms with Gasteiger partial charge in [0.1, 0.15) is 11.9 Å². The summed E-state index contributed by atoms with van der Waals surface area (Å²) in [5, 5.41) is 5.56. The number of anilines is 2. The molecule has 3 rings (SSSR count). The average Bonchev–Trinajstić information content (AvgIpc) is 2.80. The highest BCUT2D eigenvalue weighted by Crippen LogP contribution is 2.23. The van der Waals surface area contributed by atoms with Crippen molar-refractivity contribution in [3.05, 3.63) is 95.8 Å². The Morgan fingerprint density at radius 1 is 0.882 bits per heavy atom. The van der Waals surface area contributed by atoms with Gasteiger partial charge in [-0.25, -0.2) is 12.8 Å². The van der Waals surface area contributed by atoms with Gasteiger partial charge in [0, 0.05) is 0 Å². The third kappa shape index (κ3) is 5.99. The first-order valence-electron chi connectivity index (χ1n) is 10.6. The molecule has 0 aliphatic rings. The van der Waals surface area contributed by atoms with Crippen LogP contribution in [0.4, 0.5) is 15.8 Å². The van der Waals surface area contributed by atoms with E-state index in [4.69, 9.17) is 0 Å². The second-order valence-corrected chi connectivity index (χ2v) is 9.71. The fraction of sp³-hybridized carbons (Fsp3) is 0.200. The van der Waals surface area contributed by atoms with Crippen molar-refractivity contribution in [1.29, 1.82) is 0 Å². The Hall–Kier alpha value is -3.72. The summed E-state index contributed by atoms with van der Waals surface area (Å²) >= 11 is 0. The first-order valence-corrected chi connectivity index (χ1v) is 12.4. The second-order valence-electron chi connectivity index (χ2n) is 7.85. The highest BCUT2D eigenvalue weighted by Gasteiger charge is 2.30. The van der Waals surface area contributed by atoms with Gasteiger partial charge in [-0.1, -0.05) is 42.5 Å². The van der Waals surface area contributed by atoms with Crippen molar-refractivity contribution in [2.45, 2.75) is 25.9 Å². The number of amides is 2. The van der Waals surface area contributed by atoms with E-state index in [1.807, 2.05) is 37.3 Å². The molecule has 9 heteroatoms. The van der Waals surface area contributed by atoms with Gasteiger partial charge in [-0.3, -0.25) is 13.9 Å². The van der Waals surface area contributed by atoms with E-state index in [0.29, 0.717) is 0 Å². The SMILES string of the molecule is CC(NC(=O)c1ccccc1NC(=O)C(C)N(c1ccc(F)cc1)S(C)(=O)=O)c1ccccc1. The molecule has 0 bridgehead atoms. The van der Waals surface area contributed by atoms with E-state index in [1.165, 1.54) is 19.1 Å². The van der Waals surface area contributed by atoms with Gasteiger partial charge in [0.05, 0.1) is 29.2 Å². The van der Waals surface area contributed by atoms with Crippen LogP contribution in [0.1, 0.15) is 35.8 Å². The Balaban J connectivity index is 1.81. The van der Waals surface area contributed by atoms with Crippen LogP contribution < -0.4 is 14.9 Å². The van der Waals surface area contributed by atoms with Gasteiger partial charge in [0.2, 0.25) is 15.9 Å². The van der Waals surface area contributed by atoms with Crippen LogP contribution in [0.5, 0.6) is 0 Å². The van der Waals surface area contributed by atoms with Gasteiger partial charge in [0.15, 0.2) is 0 Å². The van der Waals surface area contributed by atoms with E-state index in [2.05, 4.69) is 10.6 Å². The van der Waals surface area contributed by atoms with Crippen LogP contribution in [0.2, 0.25) is 0 Å².